The standard InChI is InChI=1S/C13H14F2N4O/c1-7-4-5-16-10(6-7)17-12(20)11-8(2)18-19(9(11)3)13(14)15/h4-6,13H,1-3H3,(H,16,17,20). The molecule has 0 atom stereocenters. The summed E-state index contributed by atoms with van der Waals surface area (Å²) in [6.45, 7) is 2.05. The second-order valence-electron chi connectivity index (χ2n) is 4.44. The Labute approximate surface area is 114 Å². The van der Waals surface area contributed by atoms with Crippen molar-refractivity contribution in [2.45, 2.75) is 27.3 Å². The number of rotatable bonds is 3. The average Bonchev–Trinajstić information content (AvgIpc) is 2.65. The molecule has 0 aromatic carbocycles. The van der Waals surface area contributed by atoms with E-state index in [1.807, 2.05) is 6.92 Å². The first-order valence-electron chi connectivity index (χ1n) is 5.98. The molecule has 0 unspecified atom stereocenters. The zero-order valence-corrected chi connectivity index (χ0v) is 11.3. The minimum atomic E-state index is -2.77. The lowest BCUT2D eigenvalue weighted by molar-refractivity contribution is 0.0540. The summed E-state index contributed by atoms with van der Waals surface area (Å²) in [5, 5.41) is 6.26. The second kappa shape index (κ2) is 5.36. The van der Waals surface area contributed by atoms with Crippen LogP contribution in [0.4, 0.5) is 14.6 Å². The van der Waals surface area contributed by atoms with Crippen molar-refractivity contribution in [2.75, 3.05) is 5.32 Å². The average molecular weight is 280 g/mol. The third-order valence-corrected chi connectivity index (χ3v) is 2.89. The van der Waals surface area contributed by atoms with Crippen molar-refractivity contribution < 1.29 is 13.6 Å². The van der Waals surface area contributed by atoms with Gasteiger partial charge in [-0.3, -0.25) is 4.79 Å². The van der Waals surface area contributed by atoms with Gasteiger partial charge in [-0.05, 0) is 38.5 Å². The maximum atomic E-state index is 12.7. The third-order valence-electron chi connectivity index (χ3n) is 2.89. The molecule has 0 saturated heterocycles. The van der Waals surface area contributed by atoms with Crippen LogP contribution < -0.4 is 5.32 Å². The van der Waals surface area contributed by atoms with Crippen LogP contribution in [0.1, 0.15) is 33.9 Å². The Morgan fingerprint density at radius 3 is 2.60 bits per heavy atom. The van der Waals surface area contributed by atoms with Crippen molar-refractivity contribution in [3.63, 3.8) is 0 Å². The molecule has 0 fully saturated rings. The number of aryl methyl sites for hydroxylation is 2. The lowest BCUT2D eigenvalue weighted by Gasteiger charge is -2.06. The van der Waals surface area contributed by atoms with Gasteiger partial charge in [0.2, 0.25) is 0 Å². The lowest BCUT2D eigenvalue weighted by Crippen LogP contribution is -2.15. The number of anilines is 1. The number of halogens is 2. The number of pyridine rings is 1. The largest absolute Gasteiger partial charge is 0.333 e. The van der Waals surface area contributed by atoms with Crippen LogP contribution in [0.2, 0.25) is 0 Å². The molecule has 0 radical (unpaired) electrons. The summed E-state index contributed by atoms with van der Waals surface area (Å²) in [5.41, 5.74) is 1.47. The number of nitrogens with one attached hydrogen (secondary N) is 1. The molecule has 0 aliphatic rings. The van der Waals surface area contributed by atoms with E-state index in [0.717, 1.165) is 5.56 Å². The van der Waals surface area contributed by atoms with Crippen molar-refractivity contribution in [1.82, 2.24) is 14.8 Å². The Hall–Kier alpha value is -2.31. The quantitative estimate of drug-likeness (QED) is 0.940. The molecule has 0 spiro atoms. The van der Waals surface area contributed by atoms with Gasteiger partial charge in [0, 0.05) is 6.20 Å². The fourth-order valence-electron chi connectivity index (χ4n) is 1.96. The summed E-state index contributed by atoms with van der Waals surface area (Å²) < 4.78 is 26.0. The van der Waals surface area contributed by atoms with E-state index in [0.29, 0.717) is 10.5 Å². The highest BCUT2D eigenvalue weighted by molar-refractivity contribution is 6.05. The molecule has 1 N–H and O–H groups in total. The maximum absolute atomic E-state index is 12.7. The Morgan fingerprint density at radius 1 is 1.35 bits per heavy atom. The summed E-state index contributed by atoms with van der Waals surface area (Å²) >= 11 is 0. The summed E-state index contributed by atoms with van der Waals surface area (Å²) in [5.74, 6) is -0.122. The van der Waals surface area contributed by atoms with E-state index in [-0.39, 0.29) is 17.0 Å². The minimum absolute atomic E-state index is 0.127. The molecule has 0 aliphatic heterocycles. The first-order valence-corrected chi connectivity index (χ1v) is 5.98. The van der Waals surface area contributed by atoms with Gasteiger partial charge in [-0.15, -0.1) is 0 Å². The molecule has 5 nitrogen and oxygen atoms in total. The number of alkyl halides is 2. The van der Waals surface area contributed by atoms with E-state index in [1.54, 1.807) is 18.3 Å². The smallest absolute Gasteiger partial charge is 0.306 e. The summed E-state index contributed by atoms with van der Waals surface area (Å²) in [4.78, 5) is 16.2. The number of hydrogen-bond acceptors (Lipinski definition) is 3. The number of carbonyl (C=O) groups excluding carboxylic acids is 1. The normalized spacial score (nSPS) is 10.9. The molecule has 2 aromatic rings. The van der Waals surface area contributed by atoms with Gasteiger partial charge in [-0.25, -0.2) is 9.67 Å². The number of carbonyl (C=O) groups is 1. The number of hydrogen-bond donors (Lipinski definition) is 1. The zero-order valence-electron chi connectivity index (χ0n) is 11.3. The van der Waals surface area contributed by atoms with E-state index >= 15 is 0 Å². The van der Waals surface area contributed by atoms with Gasteiger partial charge >= 0.3 is 6.55 Å². The van der Waals surface area contributed by atoms with Crippen LogP contribution >= 0.6 is 0 Å². The third kappa shape index (κ3) is 2.66. The van der Waals surface area contributed by atoms with Gasteiger partial charge < -0.3 is 5.32 Å². The summed E-state index contributed by atoms with van der Waals surface area (Å²) in [6.07, 6.45) is 1.56. The van der Waals surface area contributed by atoms with Gasteiger partial charge in [0.15, 0.2) is 0 Å². The van der Waals surface area contributed by atoms with Gasteiger partial charge in [0.1, 0.15) is 5.82 Å². The van der Waals surface area contributed by atoms with Gasteiger partial charge in [0.25, 0.3) is 5.91 Å². The van der Waals surface area contributed by atoms with Crippen LogP contribution in [0.15, 0.2) is 18.3 Å². The molecule has 0 bridgehead atoms. The zero-order chi connectivity index (χ0) is 14.9. The molecular weight excluding hydrogens is 266 g/mol. The Balaban J connectivity index is 2.30. The molecule has 1 amide bonds. The minimum Gasteiger partial charge on any atom is -0.306 e. The van der Waals surface area contributed by atoms with E-state index in [1.165, 1.54) is 13.8 Å². The van der Waals surface area contributed by atoms with Gasteiger partial charge in [0.05, 0.1) is 17.0 Å². The SMILES string of the molecule is Cc1ccnc(NC(=O)c2c(C)nn(C(F)F)c2C)c1. The highest BCUT2D eigenvalue weighted by atomic mass is 19.3. The van der Waals surface area contributed by atoms with E-state index in [2.05, 4.69) is 15.4 Å². The van der Waals surface area contributed by atoms with E-state index < -0.39 is 12.5 Å². The molecule has 7 heteroatoms. The van der Waals surface area contributed by atoms with Crippen molar-refractivity contribution in [3.05, 3.63) is 40.8 Å². The number of aromatic nitrogens is 3. The summed E-state index contributed by atoms with van der Waals surface area (Å²) in [6, 6.07) is 3.49. The number of amides is 1. The fraction of sp³-hybridized carbons (Fsp3) is 0.308. The Morgan fingerprint density at radius 2 is 2.05 bits per heavy atom. The van der Waals surface area contributed by atoms with Crippen molar-refractivity contribution >= 4 is 11.7 Å². The lowest BCUT2D eigenvalue weighted by atomic mass is 10.2. The van der Waals surface area contributed by atoms with Crippen LogP contribution in [0, 0.1) is 20.8 Å². The second-order valence-corrected chi connectivity index (χ2v) is 4.44. The first-order chi connectivity index (χ1) is 9.40. The molecule has 20 heavy (non-hydrogen) atoms. The molecule has 0 saturated carbocycles. The van der Waals surface area contributed by atoms with Crippen LogP contribution in [0.3, 0.4) is 0 Å². The monoisotopic (exact) mass is 280 g/mol. The molecule has 2 heterocycles. The van der Waals surface area contributed by atoms with Crippen molar-refractivity contribution in [1.29, 1.82) is 0 Å². The van der Waals surface area contributed by atoms with Crippen molar-refractivity contribution in [2.24, 2.45) is 0 Å². The highest BCUT2D eigenvalue weighted by Gasteiger charge is 2.22. The molecule has 2 rings (SSSR count). The maximum Gasteiger partial charge on any atom is 0.333 e. The van der Waals surface area contributed by atoms with Crippen LogP contribution in [0.25, 0.3) is 0 Å². The highest BCUT2D eigenvalue weighted by Crippen LogP contribution is 2.20. The number of nitrogens with zero attached hydrogens (tertiary/aromatic N) is 3. The van der Waals surface area contributed by atoms with Crippen LogP contribution in [-0.4, -0.2) is 20.7 Å². The topological polar surface area (TPSA) is 59.8 Å². The van der Waals surface area contributed by atoms with E-state index in [4.69, 9.17) is 0 Å². The predicted octanol–water partition coefficient (Wildman–Crippen LogP) is 2.85. The fourth-order valence-corrected chi connectivity index (χ4v) is 1.96. The van der Waals surface area contributed by atoms with E-state index in [9.17, 15) is 13.6 Å². The predicted molar refractivity (Wildman–Crippen MR) is 69.9 cm³/mol. The van der Waals surface area contributed by atoms with Gasteiger partial charge in [-0.2, -0.15) is 13.9 Å². The molecule has 0 aliphatic carbocycles. The summed E-state index contributed by atoms with van der Waals surface area (Å²) in [7, 11) is 0. The Bertz CT molecular complexity index is 652. The van der Waals surface area contributed by atoms with Crippen molar-refractivity contribution in [3.8, 4) is 0 Å². The molecule has 2 aromatic heterocycles. The van der Waals surface area contributed by atoms with Gasteiger partial charge in [-0.1, -0.05) is 0 Å². The Kier molecular flexibility index (Phi) is 3.78. The van der Waals surface area contributed by atoms with Crippen LogP contribution in [-0.2, 0) is 0 Å². The van der Waals surface area contributed by atoms with Crippen LogP contribution in [0.5, 0.6) is 0 Å². The molecular formula is C13H14F2N4O. The first kappa shape index (κ1) is 14.1. The molecule has 106 valence electrons.